The second-order valence-corrected chi connectivity index (χ2v) is 5.32. The third-order valence-electron chi connectivity index (χ3n) is 2.61. The molecule has 0 heterocycles. The highest BCUT2D eigenvalue weighted by atomic mass is 32.2. The first-order chi connectivity index (χ1) is 8.54. The van der Waals surface area contributed by atoms with Crippen LogP contribution in [-0.4, -0.2) is 30.2 Å². The highest BCUT2D eigenvalue weighted by Crippen LogP contribution is 2.15. The van der Waals surface area contributed by atoms with Crippen molar-refractivity contribution in [1.82, 2.24) is 5.32 Å². The van der Waals surface area contributed by atoms with Gasteiger partial charge in [-0.2, -0.15) is 11.8 Å². The fourth-order valence-electron chi connectivity index (χ4n) is 1.65. The third kappa shape index (κ3) is 4.92. The zero-order valence-electron chi connectivity index (χ0n) is 10.6. The van der Waals surface area contributed by atoms with Crippen LogP contribution < -0.4 is 5.32 Å². The number of halogens is 2. The van der Waals surface area contributed by atoms with Crippen molar-refractivity contribution >= 4 is 11.8 Å². The van der Waals surface area contributed by atoms with Crippen LogP contribution in [0.4, 0.5) is 8.78 Å². The van der Waals surface area contributed by atoms with Crippen LogP contribution in [0.25, 0.3) is 0 Å². The Bertz CT molecular complexity index is 376. The van der Waals surface area contributed by atoms with Crippen LogP contribution in [-0.2, 0) is 0 Å². The Morgan fingerprint density at radius 2 is 2.00 bits per heavy atom. The average Bonchev–Trinajstić information content (AvgIpc) is 2.33. The van der Waals surface area contributed by atoms with Crippen LogP contribution in [0.15, 0.2) is 18.2 Å². The fraction of sp³-hybridized carbons (Fsp3) is 0.538. The molecule has 1 rings (SSSR count). The highest BCUT2D eigenvalue weighted by Gasteiger charge is 2.11. The van der Waals surface area contributed by atoms with Gasteiger partial charge in [-0.05, 0) is 42.2 Å². The quantitative estimate of drug-likeness (QED) is 0.802. The lowest BCUT2D eigenvalue weighted by Crippen LogP contribution is -2.27. The van der Waals surface area contributed by atoms with E-state index in [2.05, 4.69) is 12.2 Å². The van der Waals surface area contributed by atoms with Crippen molar-refractivity contribution in [3.05, 3.63) is 35.4 Å². The molecule has 0 aliphatic heterocycles. The molecule has 5 heteroatoms. The van der Waals surface area contributed by atoms with Gasteiger partial charge in [0.05, 0.1) is 6.10 Å². The normalized spacial score (nSPS) is 14.5. The molecule has 0 aliphatic carbocycles. The summed E-state index contributed by atoms with van der Waals surface area (Å²) in [6, 6.07) is 3.47. The van der Waals surface area contributed by atoms with E-state index in [0.717, 1.165) is 24.4 Å². The zero-order valence-corrected chi connectivity index (χ0v) is 11.4. The molecule has 0 aliphatic rings. The number of hydrogen-bond acceptors (Lipinski definition) is 3. The van der Waals surface area contributed by atoms with Gasteiger partial charge in [0.15, 0.2) is 11.6 Å². The predicted octanol–water partition coefficient (Wildman–Crippen LogP) is 2.59. The zero-order chi connectivity index (χ0) is 13.5. The summed E-state index contributed by atoms with van der Waals surface area (Å²) in [5, 5.41) is 12.9. The Morgan fingerprint density at radius 1 is 1.28 bits per heavy atom. The van der Waals surface area contributed by atoms with Crippen LogP contribution in [0.2, 0.25) is 0 Å². The summed E-state index contributed by atoms with van der Waals surface area (Å²) in [6.45, 7) is 3.25. The van der Waals surface area contributed by atoms with Crippen molar-refractivity contribution in [2.24, 2.45) is 5.92 Å². The first kappa shape index (κ1) is 15.4. The maximum atomic E-state index is 13.0. The molecule has 0 aromatic heterocycles. The summed E-state index contributed by atoms with van der Waals surface area (Å²) < 4.78 is 25.7. The van der Waals surface area contributed by atoms with E-state index in [-0.39, 0.29) is 0 Å². The van der Waals surface area contributed by atoms with E-state index in [9.17, 15) is 13.9 Å². The molecule has 102 valence electrons. The maximum Gasteiger partial charge on any atom is 0.159 e. The monoisotopic (exact) mass is 275 g/mol. The maximum absolute atomic E-state index is 13.0. The van der Waals surface area contributed by atoms with Gasteiger partial charge in [-0.25, -0.2) is 8.78 Å². The molecular weight excluding hydrogens is 256 g/mol. The third-order valence-corrected chi connectivity index (χ3v) is 3.51. The molecule has 0 fully saturated rings. The minimum Gasteiger partial charge on any atom is -0.387 e. The van der Waals surface area contributed by atoms with E-state index in [1.54, 1.807) is 11.8 Å². The van der Waals surface area contributed by atoms with Gasteiger partial charge < -0.3 is 10.4 Å². The van der Waals surface area contributed by atoms with E-state index in [0.29, 0.717) is 18.0 Å². The first-order valence-corrected chi connectivity index (χ1v) is 7.26. The van der Waals surface area contributed by atoms with Gasteiger partial charge in [0.1, 0.15) is 0 Å². The van der Waals surface area contributed by atoms with Gasteiger partial charge in [-0.15, -0.1) is 0 Å². The van der Waals surface area contributed by atoms with Crippen LogP contribution in [0.3, 0.4) is 0 Å². The van der Waals surface area contributed by atoms with Crippen LogP contribution >= 0.6 is 11.8 Å². The lowest BCUT2D eigenvalue weighted by molar-refractivity contribution is 0.173. The molecule has 2 nitrogen and oxygen atoms in total. The number of benzene rings is 1. The summed E-state index contributed by atoms with van der Waals surface area (Å²) in [5.41, 5.74) is 0.388. The number of hydrogen-bond donors (Lipinski definition) is 2. The Hall–Kier alpha value is -0.650. The van der Waals surface area contributed by atoms with Gasteiger partial charge in [-0.3, -0.25) is 0 Å². The number of thioether (sulfide) groups is 1. The van der Waals surface area contributed by atoms with Gasteiger partial charge in [0, 0.05) is 6.54 Å². The Balaban J connectivity index is 2.40. The van der Waals surface area contributed by atoms with Crippen molar-refractivity contribution in [2.45, 2.75) is 13.0 Å². The molecule has 1 aromatic rings. The molecule has 18 heavy (non-hydrogen) atoms. The predicted molar refractivity (Wildman–Crippen MR) is 71.7 cm³/mol. The molecule has 0 amide bonds. The Kier molecular flexibility index (Phi) is 6.60. The smallest absolute Gasteiger partial charge is 0.159 e. The van der Waals surface area contributed by atoms with Crippen molar-refractivity contribution < 1.29 is 13.9 Å². The summed E-state index contributed by atoms with van der Waals surface area (Å²) >= 11 is 1.77. The summed E-state index contributed by atoms with van der Waals surface area (Å²) in [5.74, 6) is -0.263. The van der Waals surface area contributed by atoms with Crippen molar-refractivity contribution in [3.63, 3.8) is 0 Å². The number of nitrogens with one attached hydrogen (secondary N) is 1. The molecular formula is C13H19F2NOS. The van der Waals surface area contributed by atoms with Gasteiger partial charge >= 0.3 is 0 Å². The molecule has 0 bridgehead atoms. The summed E-state index contributed by atoms with van der Waals surface area (Å²) in [7, 11) is 0. The second kappa shape index (κ2) is 7.71. The minimum atomic E-state index is -0.928. The lowest BCUT2D eigenvalue weighted by atomic mass is 10.1. The van der Waals surface area contributed by atoms with Gasteiger partial charge in [0.25, 0.3) is 0 Å². The number of aliphatic hydroxyl groups is 1. The molecule has 0 spiro atoms. The molecule has 1 aromatic carbocycles. The topological polar surface area (TPSA) is 32.3 Å². The average molecular weight is 275 g/mol. The highest BCUT2D eigenvalue weighted by molar-refractivity contribution is 7.98. The van der Waals surface area contributed by atoms with Crippen molar-refractivity contribution in [3.8, 4) is 0 Å². The minimum absolute atomic E-state index is 0.337. The SMILES string of the molecule is CSCC(C)CNCC(O)c1ccc(F)c(F)c1. The largest absolute Gasteiger partial charge is 0.387 e. The number of rotatable bonds is 7. The van der Waals surface area contributed by atoms with E-state index in [4.69, 9.17) is 0 Å². The van der Waals surface area contributed by atoms with E-state index in [1.165, 1.54) is 6.07 Å². The standard InChI is InChI=1S/C13H19F2NOS/c1-9(8-18-2)6-16-7-13(17)10-3-4-11(14)12(15)5-10/h3-5,9,13,16-17H,6-8H2,1-2H3. The van der Waals surface area contributed by atoms with Crippen LogP contribution in [0.1, 0.15) is 18.6 Å². The fourth-order valence-corrected chi connectivity index (χ4v) is 2.33. The molecule has 0 saturated heterocycles. The summed E-state index contributed by atoms with van der Waals surface area (Å²) in [6.07, 6.45) is 1.23. The van der Waals surface area contributed by atoms with Gasteiger partial charge in [0.2, 0.25) is 0 Å². The molecule has 2 N–H and O–H groups in total. The molecule has 2 unspecified atom stereocenters. The van der Waals surface area contributed by atoms with Crippen molar-refractivity contribution in [2.75, 3.05) is 25.1 Å². The van der Waals surface area contributed by atoms with Gasteiger partial charge in [-0.1, -0.05) is 13.0 Å². The lowest BCUT2D eigenvalue weighted by Gasteiger charge is -2.15. The van der Waals surface area contributed by atoms with Crippen LogP contribution in [0.5, 0.6) is 0 Å². The summed E-state index contributed by atoms with van der Waals surface area (Å²) in [4.78, 5) is 0. The molecule has 0 saturated carbocycles. The first-order valence-electron chi connectivity index (χ1n) is 5.87. The molecule has 2 atom stereocenters. The second-order valence-electron chi connectivity index (χ2n) is 4.41. The van der Waals surface area contributed by atoms with Crippen molar-refractivity contribution in [1.29, 1.82) is 0 Å². The van der Waals surface area contributed by atoms with E-state index >= 15 is 0 Å². The molecule has 0 radical (unpaired) electrons. The van der Waals surface area contributed by atoms with E-state index in [1.807, 2.05) is 6.26 Å². The Labute approximate surface area is 111 Å². The van der Waals surface area contributed by atoms with E-state index < -0.39 is 17.7 Å². The van der Waals surface area contributed by atoms with Crippen LogP contribution in [0, 0.1) is 17.6 Å². The Morgan fingerprint density at radius 3 is 2.61 bits per heavy atom. The number of aliphatic hydroxyl groups excluding tert-OH is 1.